The molecular weight excluding hydrogens is 420 g/mol. The summed E-state index contributed by atoms with van der Waals surface area (Å²) < 4.78 is 23.9. The van der Waals surface area contributed by atoms with Crippen molar-refractivity contribution in [2.24, 2.45) is 5.14 Å². The first-order valence-corrected chi connectivity index (χ1v) is 12.2. The van der Waals surface area contributed by atoms with Crippen molar-refractivity contribution in [1.29, 1.82) is 0 Å². The van der Waals surface area contributed by atoms with Crippen LogP contribution in [0.3, 0.4) is 0 Å². The summed E-state index contributed by atoms with van der Waals surface area (Å²) in [5.41, 5.74) is 1.82. The van der Waals surface area contributed by atoms with E-state index in [1.54, 1.807) is 23.5 Å². The first kappa shape index (κ1) is 20.9. The fraction of sp³-hybridized carbons (Fsp3) is 0.333. The molecule has 0 radical (unpaired) electrons. The second-order valence-electron chi connectivity index (χ2n) is 7.55. The van der Waals surface area contributed by atoms with Crippen molar-refractivity contribution in [2.75, 3.05) is 13.1 Å². The molecule has 1 saturated heterocycles. The fourth-order valence-corrected chi connectivity index (χ4v) is 5.48. The number of carbonyl (C=O) groups is 1. The summed E-state index contributed by atoms with van der Waals surface area (Å²) in [7, 11) is -3.73. The number of nitrogens with one attached hydrogen (secondary N) is 1. The number of amides is 1. The van der Waals surface area contributed by atoms with Gasteiger partial charge in [-0.2, -0.15) is 0 Å². The molecule has 1 amide bonds. The number of nitrogens with two attached hydrogens (primary N) is 1. The SMILES string of the molecule is CC(NC(=O)CN1CCCC1c1nc2ccccc2s1)c1ccc(S(N)(=O)=O)cc1. The third-order valence-corrected chi connectivity index (χ3v) is 7.46. The maximum Gasteiger partial charge on any atom is 0.238 e. The highest BCUT2D eigenvalue weighted by atomic mass is 32.2. The van der Waals surface area contributed by atoms with E-state index in [1.807, 2.05) is 25.1 Å². The number of carbonyl (C=O) groups excluding carboxylic acids is 1. The first-order chi connectivity index (χ1) is 14.3. The molecule has 7 nitrogen and oxygen atoms in total. The van der Waals surface area contributed by atoms with Gasteiger partial charge >= 0.3 is 0 Å². The molecule has 30 heavy (non-hydrogen) atoms. The van der Waals surface area contributed by atoms with E-state index in [0.29, 0.717) is 6.54 Å². The number of sulfonamides is 1. The number of benzene rings is 2. The van der Waals surface area contributed by atoms with Crippen molar-refractivity contribution in [3.05, 3.63) is 59.1 Å². The lowest BCUT2D eigenvalue weighted by molar-refractivity contribution is -0.123. The Kier molecular flexibility index (Phi) is 5.88. The highest BCUT2D eigenvalue weighted by Gasteiger charge is 2.30. The predicted molar refractivity (Wildman–Crippen MR) is 118 cm³/mol. The van der Waals surface area contributed by atoms with Crippen molar-refractivity contribution in [1.82, 2.24) is 15.2 Å². The molecule has 2 aromatic carbocycles. The summed E-state index contributed by atoms with van der Waals surface area (Å²) in [5, 5.41) is 9.20. The van der Waals surface area contributed by atoms with E-state index in [4.69, 9.17) is 10.1 Å². The van der Waals surface area contributed by atoms with Crippen molar-refractivity contribution in [3.8, 4) is 0 Å². The van der Waals surface area contributed by atoms with Gasteiger partial charge in [0.2, 0.25) is 15.9 Å². The van der Waals surface area contributed by atoms with Crippen LogP contribution < -0.4 is 10.5 Å². The van der Waals surface area contributed by atoms with Crippen LogP contribution in [0.1, 0.15) is 42.4 Å². The number of nitrogens with zero attached hydrogens (tertiary/aromatic N) is 2. The zero-order chi connectivity index (χ0) is 21.3. The van der Waals surface area contributed by atoms with Crippen molar-refractivity contribution in [3.63, 3.8) is 0 Å². The molecule has 3 N–H and O–H groups in total. The van der Waals surface area contributed by atoms with Gasteiger partial charge in [-0.3, -0.25) is 9.69 Å². The molecule has 1 aliphatic heterocycles. The van der Waals surface area contributed by atoms with Crippen LogP contribution in [0.25, 0.3) is 10.2 Å². The lowest BCUT2D eigenvalue weighted by Gasteiger charge is -2.23. The van der Waals surface area contributed by atoms with Gasteiger partial charge in [0.1, 0.15) is 5.01 Å². The van der Waals surface area contributed by atoms with Crippen LogP contribution in [0.5, 0.6) is 0 Å². The summed E-state index contributed by atoms with van der Waals surface area (Å²) in [6, 6.07) is 14.3. The van der Waals surface area contributed by atoms with Crippen LogP contribution in [-0.4, -0.2) is 37.3 Å². The Bertz CT molecular complexity index is 1130. The molecule has 1 aliphatic rings. The number of primary sulfonamides is 1. The number of aromatic nitrogens is 1. The lowest BCUT2D eigenvalue weighted by atomic mass is 10.1. The van der Waals surface area contributed by atoms with E-state index in [9.17, 15) is 13.2 Å². The number of rotatable bonds is 6. The van der Waals surface area contributed by atoms with Crippen molar-refractivity contribution >= 4 is 37.5 Å². The molecule has 2 unspecified atom stereocenters. The molecule has 3 aromatic rings. The van der Waals surface area contributed by atoms with Crippen LogP contribution in [0, 0.1) is 0 Å². The topological polar surface area (TPSA) is 105 Å². The third kappa shape index (κ3) is 4.54. The summed E-state index contributed by atoms with van der Waals surface area (Å²) >= 11 is 1.70. The molecule has 1 fully saturated rings. The van der Waals surface area contributed by atoms with Gasteiger partial charge in [0.25, 0.3) is 0 Å². The van der Waals surface area contributed by atoms with Gasteiger partial charge in [-0.05, 0) is 56.1 Å². The van der Waals surface area contributed by atoms with Gasteiger partial charge in [-0.25, -0.2) is 18.5 Å². The van der Waals surface area contributed by atoms with Crippen LogP contribution in [0.4, 0.5) is 0 Å². The average molecular weight is 445 g/mol. The number of para-hydroxylation sites is 1. The minimum atomic E-state index is -3.73. The van der Waals surface area contributed by atoms with Crippen LogP contribution in [0.15, 0.2) is 53.4 Å². The van der Waals surface area contributed by atoms with E-state index in [1.165, 1.54) is 16.8 Å². The Morgan fingerprint density at radius 3 is 2.70 bits per heavy atom. The monoisotopic (exact) mass is 444 g/mol. The largest absolute Gasteiger partial charge is 0.348 e. The highest BCUT2D eigenvalue weighted by Crippen LogP contribution is 2.36. The zero-order valence-electron chi connectivity index (χ0n) is 16.6. The number of thiazole rings is 1. The third-order valence-electron chi connectivity index (χ3n) is 5.39. The van der Waals surface area contributed by atoms with Crippen LogP contribution >= 0.6 is 11.3 Å². The molecule has 0 spiro atoms. The molecule has 0 saturated carbocycles. The van der Waals surface area contributed by atoms with Gasteiger partial charge < -0.3 is 5.32 Å². The van der Waals surface area contributed by atoms with Gasteiger partial charge in [0.15, 0.2) is 0 Å². The molecule has 0 aliphatic carbocycles. The van der Waals surface area contributed by atoms with Crippen molar-refractivity contribution < 1.29 is 13.2 Å². The minimum Gasteiger partial charge on any atom is -0.348 e. The van der Waals surface area contributed by atoms with E-state index in [2.05, 4.69) is 16.3 Å². The smallest absolute Gasteiger partial charge is 0.238 e. The number of fused-ring (bicyclic) bond motifs is 1. The lowest BCUT2D eigenvalue weighted by Crippen LogP contribution is -2.38. The summed E-state index contributed by atoms with van der Waals surface area (Å²) in [6.45, 7) is 3.05. The van der Waals surface area contributed by atoms with Crippen molar-refractivity contribution in [2.45, 2.75) is 36.7 Å². The molecule has 2 heterocycles. The summed E-state index contributed by atoms with van der Waals surface area (Å²) in [6.07, 6.45) is 2.04. The van der Waals surface area contributed by atoms with E-state index < -0.39 is 10.0 Å². The molecule has 4 rings (SSSR count). The Morgan fingerprint density at radius 2 is 2.00 bits per heavy atom. The molecule has 158 valence electrons. The van der Waals surface area contributed by atoms with Gasteiger partial charge in [-0.15, -0.1) is 11.3 Å². The number of likely N-dealkylation sites (tertiary alicyclic amines) is 1. The predicted octanol–water partition coefficient (Wildman–Crippen LogP) is 2.96. The van der Waals surface area contributed by atoms with E-state index in [0.717, 1.165) is 35.5 Å². The molecule has 0 bridgehead atoms. The van der Waals surface area contributed by atoms with Gasteiger partial charge in [0.05, 0.1) is 33.7 Å². The Hall–Kier alpha value is -2.33. The Balaban J connectivity index is 1.40. The minimum absolute atomic E-state index is 0.0560. The van der Waals surface area contributed by atoms with E-state index >= 15 is 0 Å². The fourth-order valence-electron chi connectivity index (χ4n) is 3.83. The Morgan fingerprint density at radius 1 is 1.27 bits per heavy atom. The maximum atomic E-state index is 12.7. The second kappa shape index (κ2) is 8.43. The second-order valence-corrected chi connectivity index (χ2v) is 10.2. The standard InChI is InChI=1S/C21H24N4O3S2/c1-14(15-8-10-16(11-9-15)30(22,27)28)23-20(26)13-25-12-4-6-18(25)21-24-17-5-2-3-7-19(17)29-21/h2-3,5,7-11,14,18H,4,6,12-13H2,1H3,(H,23,26)(H2,22,27,28). The number of hydrogen-bond donors (Lipinski definition) is 2. The first-order valence-electron chi connectivity index (χ1n) is 9.83. The number of hydrogen-bond acceptors (Lipinski definition) is 6. The summed E-state index contributed by atoms with van der Waals surface area (Å²) in [4.78, 5) is 19.7. The van der Waals surface area contributed by atoms with E-state index in [-0.39, 0.29) is 22.9 Å². The normalized spacial score (nSPS) is 18.5. The molecular formula is C21H24N4O3S2. The highest BCUT2D eigenvalue weighted by molar-refractivity contribution is 7.89. The Labute approximate surface area is 180 Å². The molecule has 1 aromatic heterocycles. The van der Waals surface area contributed by atoms with Gasteiger partial charge in [0, 0.05) is 0 Å². The molecule has 9 heteroatoms. The average Bonchev–Trinajstić information content (AvgIpc) is 3.33. The molecule has 2 atom stereocenters. The van der Waals surface area contributed by atoms with Crippen LogP contribution in [-0.2, 0) is 14.8 Å². The zero-order valence-corrected chi connectivity index (χ0v) is 18.2. The maximum absolute atomic E-state index is 12.7. The quantitative estimate of drug-likeness (QED) is 0.608. The van der Waals surface area contributed by atoms with Gasteiger partial charge in [-0.1, -0.05) is 24.3 Å². The summed E-state index contributed by atoms with van der Waals surface area (Å²) in [5.74, 6) is -0.0639. The van der Waals surface area contributed by atoms with Crippen LogP contribution in [0.2, 0.25) is 0 Å².